The van der Waals surface area contributed by atoms with Gasteiger partial charge < -0.3 is 15.4 Å². The zero-order chi connectivity index (χ0) is 12.1. The quantitative estimate of drug-likeness (QED) is 0.748. The molecule has 0 radical (unpaired) electrons. The predicted molar refractivity (Wildman–Crippen MR) is 62.8 cm³/mol. The van der Waals surface area contributed by atoms with Crippen molar-refractivity contribution >= 4 is 11.9 Å². The van der Waals surface area contributed by atoms with Crippen LogP contribution in [0.3, 0.4) is 0 Å². The average Bonchev–Trinajstić information content (AvgIpc) is 3.18. The zero-order valence-electron chi connectivity index (χ0n) is 9.77. The third-order valence-electron chi connectivity index (χ3n) is 2.53. The molecule has 6 nitrogen and oxygen atoms in total. The van der Waals surface area contributed by atoms with Crippen LogP contribution >= 0.6 is 0 Å². The summed E-state index contributed by atoms with van der Waals surface area (Å²) < 4.78 is 4.96. The Kier molecular flexibility index (Phi) is 3.74. The second kappa shape index (κ2) is 5.47. The van der Waals surface area contributed by atoms with Gasteiger partial charge in [0.25, 0.3) is 0 Å². The van der Waals surface area contributed by atoms with Crippen LogP contribution in [0.15, 0.2) is 12.3 Å². The van der Waals surface area contributed by atoms with E-state index in [1.807, 2.05) is 0 Å². The highest BCUT2D eigenvalue weighted by molar-refractivity contribution is 5.80. The minimum absolute atomic E-state index is 0.0386. The Morgan fingerprint density at radius 1 is 1.59 bits per heavy atom. The lowest BCUT2D eigenvalue weighted by Gasteiger charge is -2.06. The topological polar surface area (TPSA) is 76.1 Å². The molecule has 1 aromatic heterocycles. The highest BCUT2D eigenvalue weighted by atomic mass is 16.5. The third-order valence-corrected chi connectivity index (χ3v) is 2.53. The van der Waals surface area contributed by atoms with Gasteiger partial charge in [-0.25, -0.2) is 4.98 Å². The van der Waals surface area contributed by atoms with E-state index in [1.54, 1.807) is 12.3 Å². The number of amides is 1. The first-order valence-corrected chi connectivity index (χ1v) is 5.65. The van der Waals surface area contributed by atoms with Gasteiger partial charge in [-0.1, -0.05) is 0 Å². The maximum absolute atomic E-state index is 11.4. The smallest absolute Gasteiger partial charge is 0.239 e. The minimum Gasteiger partial charge on any atom is -0.481 e. The highest BCUT2D eigenvalue weighted by Crippen LogP contribution is 2.27. The predicted octanol–water partition coefficient (Wildman–Crippen LogP) is 0.423. The second-order valence-electron chi connectivity index (χ2n) is 4.02. The minimum atomic E-state index is -0.0386. The number of nitrogens with zero attached hydrogens (tertiary/aromatic N) is 2. The van der Waals surface area contributed by atoms with Gasteiger partial charge in [-0.05, 0) is 18.8 Å². The first-order chi connectivity index (χ1) is 8.28. The molecule has 0 atom stereocenters. The van der Waals surface area contributed by atoms with Gasteiger partial charge in [-0.15, -0.1) is 0 Å². The number of hydrogen-bond acceptors (Lipinski definition) is 5. The van der Waals surface area contributed by atoms with Crippen molar-refractivity contribution in [2.24, 2.45) is 5.92 Å². The van der Waals surface area contributed by atoms with E-state index in [1.165, 1.54) is 20.0 Å². The Hall–Kier alpha value is -1.85. The van der Waals surface area contributed by atoms with Crippen LogP contribution in [0.25, 0.3) is 0 Å². The lowest BCUT2D eigenvalue weighted by atomic mass is 10.4. The largest absolute Gasteiger partial charge is 0.481 e. The number of hydrogen-bond donors (Lipinski definition) is 2. The van der Waals surface area contributed by atoms with E-state index in [4.69, 9.17) is 4.74 Å². The van der Waals surface area contributed by atoms with Crippen molar-refractivity contribution in [3.8, 4) is 5.88 Å². The Morgan fingerprint density at radius 3 is 3.12 bits per heavy atom. The zero-order valence-corrected chi connectivity index (χ0v) is 9.77. The van der Waals surface area contributed by atoms with Gasteiger partial charge in [0.05, 0.1) is 13.7 Å². The Bertz CT molecular complexity index is 393. The molecule has 1 amide bonds. The summed E-state index contributed by atoms with van der Waals surface area (Å²) in [4.78, 5) is 19.5. The van der Waals surface area contributed by atoms with E-state index in [2.05, 4.69) is 20.6 Å². The molecule has 1 saturated carbocycles. The van der Waals surface area contributed by atoms with E-state index < -0.39 is 0 Å². The normalized spacial score (nSPS) is 14.2. The molecule has 1 aliphatic carbocycles. The van der Waals surface area contributed by atoms with Crippen molar-refractivity contribution in [3.63, 3.8) is 0 Å². The fourth-order valence-corrected chi connectivity index (χ4v) is 1.34. The van der Waals surface area contributed by atoms with E-state index >= 15 is 0 Å². The summed E-state index contributed by atoms with van der Waals surface area (Å²) in [7, 11) is 1.54. The van der Waals surface area contributed by atoms with Crippen molar-refractivity contribution in [3.05, 3.63) is 12.3 Å². The maximum Gasteiger partial charge on any atom is 0.239 e. The van der Waals surface area contributed by atoms with Crippen LogP contribution in [0.5, 0.6) is 5.88 Å². The van der Waals surface area contributed by atoms with Crippen molar-refractivity contribution < 1.29 is 9.53 Å². The number of ether oxygens (including phenoxy) is 1. The van der Waals surface area contributed by atoms with Crippen LogP contribution < -0.4 is 15.4 Å². The molecule has 0 spiro atoms. The number of carbonyl (C=O) groups excluding carboxylic acids is 1. The molecule has 1 heterocycles. The Labute approximate surface area is 99.8 Å². The fraction of sp³-hybridized carbons (Fsp3) is 0.545. The summed E-state index contributed by atoms with van der Waals surface area (Å²) in [6.45, 7) is 0.958. The maximum atomic E-state index is 11.4. The Morgan fingerprint density at radius 2 is 2.41 bits per heavy atom. The number of carbonyl (C=O) groups is 1. The van der Waals surface area contributed by atoms with Crippen molar-refractivity contribution in [2.45, 2.75) is 12.8 Å². The fourth-order valence-electron chi connectivity index (χ4n) is 1.34. The molecule has 0 bridgehead atoms. The molecule has 1 aliphatic rings. The molecule has 92 valence electrons. The van der Waals surface area contributed by atoms with Crippen molar-refractivity contribution in [1.29, 1.82) is 0 Å². The van der Waals surface area contributed by atoms with E-state index in [0.717, 1.165) is 6.54 Å². The van der Waals surface area contributed by atoms with Crippen LogP contribution in [0.2, 0.25) is 0 Å². The molecule has 6 heteroatoms. The van der Waals surface area contributed by atoms with E-state index in [9.17, 15) is 4.79 Å². The monoisotopic (exact) mass is 236 g/mol. The van der Waals surface area contributed by atoms with Gasteiger partial charge >= 0.3 is 0 Å². The van der Waals surface area contributed by atoms with Gasteiger partial charge in [0.2, 0.25) is 17.7 Å². The van der Waals surface area contributed by atoms with Crippen LogP contribution in [-0.4, -0.2) is 36.1 Å². The van der Waals surface area contributed by atoms with Gasteiger partial charge in [0, 0.05) is 18.8 Å². The molecule has 2 rings (SSSR count). The Balaban J connectivity index is 1.73. The summed E-state index contributed by atoms with van der Waals surface area (Å²) in [6.07, 6.45) is 4.04. The van der Waals surface area contributed by atoms with Crippen LogP contribution in [0.1, 0.15) is 12.8 Å². The van der Waals surface area contributed by atoms with Crippen LogP contribution in [0, 0.1) is 5.92 Å². The molecule has 0 saturated heterocycles. The van der Waals surface area contributed by atoms with Crippen molar-refractivity contribution in [2.75, 3.05) is 25.5 Å². The second-order valence-corrected chi connectivity index (χ2v) is 4.02. The summed E-state index contributed by atoms with van der Waals surface area (Å²) in [5.74, 6) is 1.52. The number of rotatable bonds is 6. The SMILES string of the molecule is COc1ccnc(NCC(=O)NCC2CC2)n1. The van der Waals surface area contributed by atoms with Gasteiger partial charge in [0.15, 0.2) is 0 Å². The summed E-state index contributed by atoms with van der Waals surface area (Å²) in [5, 5.41) is 5.70. The summed E-state index contributed by atoms with van der Waals surface area (Å²) in [5.41, 5.74) is 0. The van der Waals surface area contributed by atoms with E-state index in [-0.39, 0.29) is 12.5 Å². The van der Waals surface area contributed by atoms with Gasteiger partial charge in [0.1, 0.15) is 0 Å². The number of aromatic nitrogens is 2. The lowest BCUT2D eigenvalue weighted by molar-refractivity contribution is -0.119. The van der Waals surface area contributed by atoms with E-state index in [0.29, 0.717) is 17.7 Å². The molecular weight excluding hydrogens is 220 g/mol. The standard InChI is InChI=1S/C11H16N4O2/c1-17-10-4-5-12-11(15-10)14-7-9(16)13-6-8-2-3-8/h4-5,8H,2-3,6-7H2,1H3,(H,13,16)(H,12,14,15). The molecule has 1 aromatic rings. The third kappa shape index (κ3) is 3.90. The van der Waals surface area contributed by atoms with Crippen LogP contribution in [-0.2, 0) is 4.79 Å². The first kappa shape index (κ1) is 11.6. The molecule has 2 N–H and O–H groups in total. The molecular formula is C11H16N4O2. The number of anilines is 1. The number of methoxy groups -OCH3 is 1. The summed E-state index contributed by atoms with van der Waals surface area (Å²) >= 11 is 0. The first-order valence-electron chi connectivity index (χ1n) is 5.65. The molecule has 17 heavy (non-hydrogen) atoms. The van der Waals surface area contributed by atoms with Gasteiger partial charge in [-0.3, -0.25) is 4.79 Å². The molecule has 1 fully saturated rings. The molecule has 0 aromatic carbocycles. The molecule has 0 unspecified atom stereocenters. The lowest BCUT2D eigenvalue weighted by Crippen LogP contribution is -2.31. The van der Waals surface area contributed by atoms with Gasteiger partial charge in [-0.2, -0.15) is 4.98 Å². The highest BCUT2D eigenvalue weighted by Gasteiger charge is 2.21. The average molecular weight is 236 g/mol. The van der Waals surface area contributed by atoms with Crippen molar-refractivity contribution in [1.82, 2.24) is 15.3 Å². The number of nitrogens with one attached hydrogen (secondary N) is 2. The summed E-state index contributed by atoms with van der Waals surface area (Å²) in [6, 6.07) is 1.65. The molecule has 0 aliphatic heterocycles. The van der Waals surface area contributed by atoms with Crippen LogP contribution in [0.4, 0.5) is 5.95 Å².